The van der Waals surface area contributed by atoms with Gasteiger partial charge in [-0.05, 0) is 36.2 Å². The largest absolute Gasteiger partial charge is 0.510 e. The second-order valence-corrected chi connectivity index (χ2v) is 7.68. The van der Waals surface area contributed by atoms with E-state index in [0.717, 1.165) is 23.4 Å². The zero-order chi connectivity index (χ0) is 21.3. The van der Waals surface area contributed by atoms with E-state index in [-0.39, 0.29) is 18.1 Å². The van der Waals surface area contributed by atoms with Crippen LogP contribution in [0.15, 0.2) is 53.6 Å². The van der Waals surface area contributed by atoms with Crippen molar-refractivity contribution in [3.05, 3.63) is 75.8 Å². The van der Waals surface area contributed by atoms with Crippen molar-refractivity contribution in [2.24, 2.45) is 0 Å². The van der Waals surface area contributed by atoms with Crippen LogP contribution in [-0.4, -0.2) is 41.0 Å². The number of amidine groups is 1. The molecule has 0 fully saturated rings. The molecule has 30 heavy (non-hydrogen) atoms. The van der Waals surface area contributed by atoms with E-state index in [1.165, 1.54) is 17.4 Å². The van der Waals surface area contributed by atoms with Crippen molar-refractivity contribution in [2.45, 2.75) is 6.42 Å². The number of benzene rings is 2. The number of hydrogen-bond acceptors (Lipinski definition) is 5. The van der Waals surface area contributed by atoms with Crippen LogP contribution in [-0.2, 0) is 6.42 Å². The van der Waals surface area contributed by atoms with Crippen LogP contribution in [0.5, 0.6) is 5.75 Å². The van der Waals surface area contributed by atoms with Crippen LogP contribution in [0.1, 0.15) is 10.6 Å². The molecule has 0 amide bonds. The van der Waals surface area contributed by atoms with Crippen molar-refractivity contribution in [1.29, 1.82) is 5.41 Å². The Bertz CT molecular complexity index is 1140. The standard InChI is InChI=1S/C22H19F2N3O2S/c1-29-19-5-3-2-4-13(19)8-9-27-11-18(28)20(21(27)25)22-26-17(12-30-22)14-6-7-15(23)16(24)10-14/h2-7,10,12,25,28H,8-9,11H2,1H3. The molecule has 0 aliphatic carbocycles. The number of para-hydroxylation sites is 1. The Morgan fingerprint density at radius 3 is 2.77 bits per heavy atom. The molecule has 0 spiro atoms. The van der Waals surface area contributed by atoms with Crippen LogP contribution >= 0.6 is 11.3 Å². The summed E-state index contributed by atoms with van der Waals surface area (Å²) in [6, 6.07) is 11.3. The molecule has 2 heterocycles. The lowest BCUT2D eigenvalue weighted by Gasteiger charge is -2.19. The van der Waals surface area contributed by atoms with Gasteiger partial charge < -0.3 is 14.7 Å². The molecule has 1 aliphatic rings. The van der Waals surface area contributed by atoms with Crippen LogP contribution in [0.3, 0.4) is 0 Å². The quantitative estimate of drug-likeness (QED) is 0.587. The molecule has 0 atom stereocenters. The van der Waals surface area contributed by atoms with E-state index in [1.807, 2.05) is 24.3 Å². The Kier molecular flexibility index (Phi) is 5.50. The normalized spacial score (nSPS) is 14.0. The number of aliphatic hydroxyl groups is 1. The summed E-state index contributed by atoms with van der Waals surface area (Å²) in [7, 11) is 1.62. The zero-order valence-corrected chi connectivity index (χ0v) is 17.0. The number of ether oxygens (including phenoxy) is 1. The molecule has 0 radical (unpaired) electrons. The van der Waals surface area contributed by atoms with Gasteiger partial charge in [0.05, 0.1) is 24.9 Å². The highest BCUT2D eigenvalue weighted by atomic mass is 32.1. The Hall–Kier alpha value is -3.26. The smallest absolute Gasteiger partial charge is 0.159 e. The Morgan fingerprint density at radius 2 is 2.00 bits per heavy atom. The van der Waals surface area contributed by atoms with Crippen LogP contribution < -0.4 is 4.74 Å². The van der Waals surface area contributed by atoms with Gasteiger partial charge in [0.1, 0.15) is 22.4 Å². The minimum Gasteiger partial charge on any atom is -0.510 e. The number of aliphatic hydroxyl groups excluding tert-OH is 1. The number of aromatic nitrogens is 1. The topological polar surface area (TPSA) is 69.4 Å². The molecule has 0 unspecified atom stereocenters. The molecule has 1 aromatic heterocycles. The van der Waals surface area contributed by atoms with E-state index in [0.29, 0.717) is 34.8 Å². The molecule has 0 saturated heterocycles. The Balaban J connectivity index is 1.50. The summed E-state index contributed by atoms with van der Waals surface area (Å²) in [5.41, 5.74) is 2.30. The van der Waals surface area contributed by atoms with Crippen molar-refractivity contribution in [3.8, 4) is 17.0 Å². The van der Waals surface area contributed by atoms with E-state index in [1.54, 1.807) is 17.4 Å². The van der Waals surface area contributed by atoms with Gasteiger partial charge in [0.15, 0.2) is 11.6 Å². The third-order valence-electron chi connectivity index (χ3n) is 4.96. The predicted octanol–water partition coefficient (Wildman–Crippen LogP) is 4.90. The number of methoxy groups -OCH3 is 1. The van der Waals surface area contributed by atoms with Gasteiger partial charge in [-0.15, -0.1) is 11.3 Å². The molecule has 3 aromatic rings. The second kappa shape index (κ2) is 8.23. The molecule has 154 valence electrons. The monoisotopic (exact) mass is 427 g/mol. The molecular formula is C22H19F2N3O2S. The molecule has 2 aromatic carbocycles. The Labute approximate surface area is 176 Å². The van der Waals surface area contributed by atoms with Crippen LogP contribution in [0, 0.1) is 17.0 Å². The van der Waals surface area contributed by atoms with E-state index >= 15 is 0 Å². The first-order chi connectivity index (χ1) is 14.5. The summed E-state index contributed by atoms with van der Waals surface area (Å²) in [6.45, 7) is 0.761. The summed E-state index contributed by atoms with van der Waals surface area (Å²) in [6.07, 6.45) is 0.658. The lowest BCUT2D eigenvalue weighted by atomic mass is 10.1. The van der Waals surface area contributed by atoms with Gasteiger partial charge in [0.2, 0.25) is 0 Å². The van der Waals surface area contributed by atoms with Crippen molar-refractivity contribution in [2.75, 3.05) is 20.2 Å². The molecule has 2 N–H and O–H groups in total. The van der Waals surface area contributed by atoms with Gasteiger partial charge in [-0.1, -0.05) is 18.2 Å². The molecule has 4 rings (SSSR count). The fourth-order valence-electron chi connectivity index (χ4n) is 3.39. The average Bonchev–Trinajstić information content (AvgIpc) is 3.33. The summed E-state index contributed by atoms with van der Waals surface area (Å²) in [5, 5.41) is 21.1. The minimum absolute atomic E-state index is 0.0752. The Morgan fingerprint density at radius 1 is 1.20 bits per heavy atom. The van der Waals surface area contributed by atoms with Gasteiger partial charge in [0.25, 0.3) is 0 Å². The lowest BCUT2D eigenvalue weighted by molar-refractivity contribution is 0.349. The molecule has 8 heteroatoms. The van der Waals surface area contributed by atoms with Gasteiger partial charge in [-0.3, -0.25) is 5.41 Å². The first kappa shape index (κ1) is 20.0. The molecule has 0 saturated carbocycles. The number of halogens is 2. The fourth-order valence-corrected chi connectivity index (χ4v) is 4.29. The van der Waals surface area contributed by atoms with E-state index < -0.39 is 11.6 Å². The lowest BCUT2D eigenvalue weighted by Crippen LogP contribution is -2.28. The minimum atomic E-state index is -0.944. The summed E-state index contributed by atoms with van der Waals surface area (Å²) < 4.78 is 32.1. The first-order valence-electron chi connectivity index (χ1n) is 9.27. The summed E-state index contributed by atoms with van der Waals surface area (Å²) >= 11 is 1.25. The van der Waals surface area contributed by atoms with E-state index in [9.17, 15) is 13.9 Å². The average molecular weight is 427 g/mol. The highest BCUT2D eigenvalue weighted by molar-refractivity contribution is 7.11. The van der Waals surface area contributed by atoms with Crippen LogP contribution in [0.4, 0.5) is 8.78 Å². The van der Waals surface area contributed by atoms with Gasteiger partial charge in [-0.25, -0.2) is 13.8 Å². The van der Waals surface area contributed by atoms with E-state index in [4.69, 9.17) is 10.1 Å². The van der Waals surface area contributed by atoms with Gasteiger partial charge in [0, 0.05) is 17.5 Å². The number of rotatable bonds is 6. The maximum absolute atomic E-state index is 13.5. The third kappa shape index (κ3) is 3.78. The number of nitrogens with zero attached hydrogens (tertiary/aromatic N) is 2. The summed E-state index contributed by atoms with van der Waals surface area (Å²) in [4.78, 5) is 6.21. The maximum atomic E-state index is 13.5. The van der Waals surface area contributed by atoms with Crippen molar-refractivity contribution in [1.82, 2.24) is 9.88 Å². The number of hydrogen-bond donors (Lipinski definition) is 2. The molecule has 0 bridgehead atoms. The SMILES string of the molecule is COc1ccccc1CCN1CC(O)=C(c2nc(-c3ccc(F)c(F)c3)cs2)C1=N. The summed E-state index contributed by atoms with van der Waals surface area (Å²) in [5.74, 6) is -0.811. The molecule has 1 aliphatic heterocycles. The number of nitrogens with one attached hydrogen (secondary N) is 1. The second-order valence-electron chi connectivity index (χ2n) is 6.82. The van der Waals surface area contributed by atoms with Crippen LogP contribution in [0.2, 0.25) is 0 Å². The first-order valence-corrected chi connectivity index (χ1v) is 10.1. The van der Waals surface area contributed by atoms with Crippen molar-refractivity contribution >= 4 is 22.7 Å². The molecule has 5 nitrogen and oxygen atoms in total. The van der Waals surface area contributed by atoms with Gasteiger partial charge >= 0.3 is 0 Å². The van der Waals surface area contributed by atoms with Crippen LogP contribution in [0.25, 0.3) is 16.8 Å². The maximum Gasteiger partial charge on any atom is 0.159 e. The number of thiazole rings is 1. The van der Waals surface area contributed by atoms with Gasteiger partial charge in [-0.2, -0.15) is 0 Å². The van der Waals surface area contributed by atoms with Crippen molar-refractivity contribution in [3.63, 3.8) is 0 Å². The highest BCUT2D eigenvalue weighted by Crippen LogP contribution is 2.33. The highest BCUT2D eigenvalue weighted by Gasteiger charge is 2.30. The predicted molar refractivity (Wildman–Crippen MR) is 113 cm³/mol. The zero-order valence-electron chi connectivity index (χ0n) is 16.2. The van der Waals surface area contributed by atoms with E-state index in [2.05, 4.69) is 4.98 Å². The third-order valence-corrected chi connectivity index (χ3v) is 5.82. The molecular weight excluding hydrogens is 408 g/mol. The fraction of sp³-hybridized carbons (Fsp3) is 0.182. The van der Waals surface area contributed by atoms with Crippen molar-refractivity contribution < 1.29 is 18.6 Å².